The Morgan fingerprint density at radius 1 is 1.28 bits per heavy atom. The zero-order valence-electron chi connectivity index (χ0n) is 15.5. The molecule has 1 aliphatic rings. The van der Waals surface area contributed by atoms with Gasteiger partial charge in [-0.15, -0.1) is 0 Å². The standard InChI is InChI=1S/C20H28N4O/c1-4-23(5-2)13-16-6-8-17(9-7-16)20(25)22-18-10-11-19-21-15(3)12-24(19)14-18/h6-9,12,18H,4-5,10-11,13-14H2,1-3H3,(H,22,25)/t18-/m0/s1. The van der Waals surface area contributed by atoms with Crippen molar-refractivity contribution in [2.24, 2.45) is 0 Å². The molecule has 1 aromatic heterocycles. The molecule has 0 radical (unpaired) electrons. The van der Waals surface area contributed by atoms with Crippen molar-refractivity contribution in [3.63, 3.8) is 0 Å². The third-order valence-electron chi connectivity index (χ3n) is 4.97. The highest BCUT2D eigenvalue weighted by Crippen LogP contribution is 2.16. The maximum atomic E-state index is 12.5. The van der Waals surface area contributed by atoms with E-state index in [4.69, 9.17) is 0 Å². The Kier molecular flexibility index (Phi) is 5.53. The van der Waals surface area contributed by atoms with E-state index in [1.54, 1.807) is 0 Å². The molecule has 5 heteroatoms. The molecular formula is C20H28N4O. The summed E-state index contributed by atoms with van der Waals surface area (Å²) in [5.41, 5.74) is 3.03. The summed E-state index contributed by atoms with van der Waals surface area (Å²) >= 11 is 0. The fourth-order valence-electron chi connectivity index (χ4n) is 3.44. The highest BCUT2D eigenvalue weighted by atomic mass is 16.1. The molecule has 1 aliphatic heterocycles. The van der Waals surface area contributed by atoms with Gasteiger partial charge in [0.2, 0.25) is 0 Å². The largest absolute Gasteiger partial charge is 0.347 e. The smallest absolute Gasteiger partial charge is 0.251 e. The lowest BCUT2D eigenvalue weighted by atomic mass is 10.1. The predicted molar refractivity (Wildman–Crippen MR) is 99.6 cm³/mol. The monoisotopic (exact) mass is 340 g/mol. The molecule has 0 unspecified atom stereocenters. The number of carbonyl (C=O) groups excluding carboxylic acids is 1. The molecule has 1 atom stereocenters. The number of amides is 1. The number of hydrogen-bond acceptors (Lipinski definition) is 3. The molecule has 134 valence electrons. The molecule has 2 aromatic rings. The fraction of sp³-hybridized carbons (Fsp3) is 0.500. The zero-order valence-corrected chi connectivity index (χ0v) is 15.5. The van der Waals surface area contributed by atoms with Crippen LogP contribution in [0.25, 0.3) is 0 Å². The number of nitrogens with one attached hydrogen (secondary N) is 1. The summed E-state index contributed by atoms with van der Waals surface area (Å²) in [6.07, 6.45) is 3.93. The highest BCUT2D eigenvalue weighted by Gasteiger charge is 2.21. The van der Waals surface area contributed by atoms with Crippen LogP contribution < -0.4 is 5.32 Å². The third-order valence-corrected chi connectivity index (χ3v) is 4.97. The quantitative estimate of drug-likeness (QED) is 0.880. The number of benzene rings is 1. The molecule has 0 spiro atoms. The molecule has 25 heavy (non-hydrogen) atoms. The van der Waals surface area contributed by atoms with Gasteiger partial charge in [-0.1, -0.05) is 26.0 Å². The van der Waals surface area contributed by atoms with E-state index in [0.29, 0.717) is 0 Å². The van der Waals surface area contributed by atoms with Gasteiger partial charge in [0.25, 0.3) is 5.91 Å². The van der Waals surface area contributed by atoms with Crippen molar-refractivity contribution in [1.29, 1.82) is 0 Å². The molecular weight excluding hydrogens is 312 g/mol. The Morgan fingerprint density at radius 2 is 2.00 bits per heavy atom. The summed E-state index contributed by atoms with van der Waals surface area (Å²) in [6.45, 7) is 10.2. The van der Waals surface area contributed by atoms with E-state index in [9.17, 15) is 4.79 Å². The van der Waals surface area contributed by atoms with Crippen molar-refractivity contribution >= 4 is 5.91 Å². The maximum absolute atomic E-state index is 12.5. The minimum absolute atomic E-state index is 0.0136. The first kappa shape index (κ1) is 17.7. The van der Waals surface area contributed by atoms with Crippen LogP contribution in [0.2, 0.25) is 0 Å². The van der Waals surface area contributed by atoms with Crippen molar-refractivity contribution in [3.05, 3.63) is 53.1 Å². The van der Waals surface area contributed by atoms with Crippen LogP contribution in [-0.2, 0) is 19.5 Å². The van der Waals surface area contributed by atoms with E-state index >= 15 is 0 Å². The SMILES string of the molecule is CCN(CC)Cc1ccc(C(=O)N[C@H]2CCc3nc(C)cn3C2)cc1. The number of carbonyl (C=O) groups is 1. The van der Waals surface area contributed by atoms with Gasteiger partial charge in [-0.3, -0.25) is 9.69 Å². The normalized spacial score (nSPS) is 16.7. The van der Waals surface area contributed by atoms with Crippen molar-refractivity contribution in [2.75, 3.05) is 13.1 Å². The molecule has 1 aromatic carbocycles. The van der Waals surface area contributed by atoms with Gasteiger partial charge in [0, 0.05) is 37.3 Å². The molecule has 0 aliphatic carbocycles. The summed E-state index contributed by atoms with van der Waals surface area (Å²) in [4.78, 5) is 19.4. The Hall–Kier alpha value is -2.14. The lowest BCUT2D eigenvalue weighted by Gasteiger charge is -2.24. The second-order valence-corrected chi connectivity index (χ2v) is 6.82. The van der Waals surface area contributed by atoms with Gasteiger partial charge in [0.1, 0.15) is 5.82 Å². The minimum atomic E-state index is 0.0136. The van der Waals surface area contributed by atoms with E-state index in [-0.39, 0.29) is 11.9 Å². The van der Waals surface area contributed by atoms with Crippen LogP contribution in [0.15, 0.2) is 30.5 Å². The molecule has 0 saturated carbocycles. The van der Waals surface area contributed by atoms with Crippen LogP contribution in [0.1, 0.15) is 47.7 Å². The van der Waals surface area contributed by atoms with Crippen LogP contribution >= 0.6 is 0 Å². The van der Waals surface area contributed by atoms with Crippen molar-refractivity contribution in [2.45, 2.75) is 52.7 Å². The second kappa shape index (κ2) is 7.83. The predicted octanol–water partition coefficient (Wildman–Crippen LogP) is 2.78. The first-order chi connectivity index (χ1) is 12.1. The minimum Gasteiger partial charge on any atom is -0.347 e. The molecule has 0 bridgehead atoms. The van der Waals surface area contributed by atoms with Gasteiger partial charge in [0.05, 0.1) is 5.69 Å². The average molecular weight is 340 g/mol. The number of rotatable bonds is 6. The van der Waals surface area contributed by atoms with Crippen molar-refractivity contribution in [1.82, 2.24) is 19.8 Å². The molecule has 1 amide bonds. The van der Waals surface area contributed by atoms with Gasteiger partial charge < -0.3 is 9.88 Å². The maximum Gasteiger partial charge on any atom is 0.251 e. The van der Waals surface area contributed by atoms with Crippen molar-refractivity contribution < 1.29 is 4.79 Å². The molecule has 0 fully saturated rings. The Bertz CT molecular complexity index is 716. The number of imidazole rings is 1. The lowest BCUT2D eigenvalue weighted by Crippen LogP contribution is -2.40. The average Bonchev–Trinajstić information content (AvgIpc) is 2.99. The number of hydrogen-bond donors (Lipinski definition) is 1. The van der Waals surface area contributed by atoms with Crippen molar-refractivity contribution in [3.8, 4) is 0 Å². The van der Waals surface area contributed by atoms with Crippen LogP contribution in [0.5, 0.6) is 0 Å². The summed E-state index contributed by atoms with van der Waals surface area (Å²) in [7, 11) is 0. The Labute approximate surface area is 150 Å². The first-order valence-corrected chi connectivity index (χ1v) is 9.23. The number of aromatic nitrogens is 2. The van der Waals surface area contributed by atoms with E-state index in [1.165, 1.54) is 5.56 Å². The van der Waals surface area contributed by atoms with Crippen LogP contribution in [0.3, 0.4) is 0 Å². The highest BCUT2D eigenvalue weighted by molar-refractivity contribution is 5.94. The molecule has 2 heterocycles. The second-order valence-electron chi connectivity index (χ2n) is 6.82. The Balaban J connectivity index is 1.58. The molecule has 3 rings (SSSR count). The topological polar surface area (TPSA) is 50.2 Å². The summed E-state index contributed by atoms with van der Waals surface area (Å²) in [6, 6.07) is 8.16. The fourth-order valence-corrected chi connectivity index (χ4v) is 3.44. The third kappa shape index (κ3) is 4.28. The molecule has 1 N–H and O–H groups in total. The van der Waals surface area contributed by atoms with Gasteiger partial charge in [-0.25, -0.2) is 4.98 Å². The summed E-state index contributed by atoms with van der Waals surface area (Å²) < 4.78 is 2.16. The van der Waals surface area contributed by atoms with E-state index in [1.807, 2.05) is 19.1 Å². The van der Waals surface area contributed by atoms with Crippen LogP contribution in [0, 0.1) is 6.92 Å². The van der Waals surface area contributed by atoms with Gasteiger partial charge in [-0.2, -0.15) is 0 Å². The molecule has 0 saturated heterocycles. The Morgan fingerprint density at radius 3 is 2.68 bits per heavy atom. The first-order valence-electron chi connectivity index (χ1n) is 9.23. The van der Waals surface area contributed by atoms with E-state index < -0.39 is 0 Å². The van der Waals surface area contributed by atoms with E-state index in [0.717, 1.165) is 56.1 Å². The van der Waals surface area contributed by atoms with E-state index in [2.05, 4.69) is 51.9 Å². The van der Waals surface area contributed by atoms with Gasteiger partial charge in [-0.05, 0) is 44.1 Å². The van der Waals surface area contributed by atoms with Gasteiger partial charge in [0.15, 0.2) is 0 Å². The number of fused-ring (bicyclic) bond motifs is 1. The number of nitrogens with zero attached hydrogens (tertiary/aromatic N) is 3. The molecule has 5 nitrogen and oxygen atoms in total. The van der Waals surface area contributed by atoms with Crippen LogP contribution in [-0.4, -0.2) is 39.5 Å². The van der Waals surface area contributed by atoms with Crippen LogP contribution in [0.4, 0.5) is 0 Å². The van der Waals surface area contributed by atoms with Gasteiger partial charge >= 0.3 is 0 Å². The zero-order chi connectivity index (χ0) is 17.8. The summed E-state index contributed by atoms with van der Waals surface area (Å²) in [5, 5.41) is 3.17. The lowest BCUT2D eigenvalue weighted by molar-refractivity contribution is 0.0927. The number of aryl methyl sites for hydroxylation is 2. The summed E-state index contributed by atoms with van der Waals surface area (Å²) in [5.74, 6) is 1.14.